The number of halogens is 3. The van der Waals surface area contributed by atoms with Crippen LogP contribution in [0.4, 0.5) is 5.69 Å². The van der Waals surface area contributed by atoms with Crippen LogP contribution in [0.15, 0.2) is 36.4 Å². The van der Waals surface area contributed by atoms with Crippen molar-refractivity contribution in [1.82, 2.24) is 10.2 Å². The second-order valence-electron chi connectivity index (χ2n) is 9.09. The molecule has 1 N–H and O–H groups in total. The van der Waals surface area contributed by atoms with Crippen LogP contribution in [0.2, 0.25) is 15.1 Å². The van der Waals surface area contributed by atoms with Crippen LogP contribution >= 0.6 is 34.8 Å². The molecule has 0 saturated heterocycles. The first-order valence-corrected chi connectivity index (χ1v) is 14.6. The first-order chi connectivity index (χ1) is 16.9. The maximum Gasteiger partial charge on any atom is 0.244 e. The van der Waals surface area contributed by atoms with Gasteiger partial charge in [-0.25, -0.2) is 8.42 Å². The van der Waals surface area contributed by atoms with E-state index in [9.17, 15) is 18.0 Å². The highest BCUT2D eigenvalue weighted by Gasteiger charge is 2.32. The van der Waals surface area contributed by atoms with E-state index in [1.54, 1.807) is 50.2 Å². The summed E-state index contributed by atoms with van der Waals surface area (Å²) in [6, 6.07) is 9.04. The number of benzene rings is 2. The Labute approximate surface area is 227 Å². The molecule has 3 rings (SSSR count). The number of nitrogens with zero attached hydrogens (tertiary/aromatic N) is 2. The largest absolute Gasteiger partial charge is 0.352 e. The van der Waals surface area contributed by atoms with Gasteiger partial charge in [-0.1, -0.05) is 59.8 Å². The highest BCUT2D eigenvalue weighted by Crippen LogP contribution is 2.29. The van der Waals surface area contributed by atoms with Gasteiger partial charge < -0.3 is 10.2 Å². The van der Waals surface area contributed by atoms with Crippen LogP contribution in [0, 0.1) is 6.92 Å². The molecule has 0 aliphatic heterocycles. The van der Waals surface area contributed by atoms with Gasteiger partial charge in [0.25, 0.3) is 0 Å². The van der Waals surface area contributed by atoms with Crippen LogP contribution in [-0.4, -0.2) is 50.0 Å². The van der Waals surface area contributed by atoms with Crippen LogP contribution in [0.1, 0.15) is 43.7 Å². The van der Waals surface area contributed by atoms with Gasteiger partial charge in [0.15, 0.2) is 0 Å². The number of hydrogen-bond donors (Lipinski definition) is 1. The third kappa shape index (κ3) is 7.06. The maximum atomic E-state index is 13.7. The van der Waals surface area contributed by atoms with E-state index in [1.165, 1.54) is 4.90 Å². The van der Waals surface area contributed by atoms with E-state index in [2.05, 4.69) is 5.32 Å². The quantitative estimate of drug-likeness (QED) is 0.446. The molecule has 0 spiro atoms. The summed E-state index contributed by atoms with van der Waals surface area (Å²) >= 11 is 18.4. The Morgan fingerprint density at radius 2 is 1.72 bits per heavy atom. The van der Waals surface area contributed by atoms with Crippen molar-refractivity contribution in [2.75, 3.05) is 17.1 Å². The fourth-order valence-electron chi connectivity index (χ4n) is 4.27. The summed E-state index contributed by atoms with van der Waals surface area (Å²) in [6.07, 6.45) is 4.92. The molecule has 1 fully saturated rings. The molecule has 7 nitrogen and oxygen atoms in total. The fourth-order valence-corrected chi connectivity index (χ4v) is 5.66. The average Bonchev–Trinajstić information content (AvgIpc) is 3.32. The van der Waals surface area contributed by atoms with Crippen molar-refractivity contribution in [3.8, 4) is 0 Å². The highest BCUT2D eigenvalue weighted by atomic mass is 35.5. The second-order valence-corrected chi connectivity index (χ2v) is 12.2. The minimum absolute atomic E-state index is 0.0428. The van der Waals surface area contributed by atoms with Crippen LogP contribution in [-0.2, 0) is 26.2 Å². The lowest BCUT2D eigenvalue weighted by Gasteiger charge is -2.32. The third-order valence-corrected chi connectivity index (χ3v) is 8.67. The van der Waals surface area contributed by atoms with Gasteiger partial charge in [-0.2, -0.15) is 0 Å². The summed E-state index contributed by atoms with van der Waals surface area (Å²) in [5, 5.41) is 4.09. The van der Waals surface area contributed by atoms with Gasteiger partial charge in [0.05, 0.1) is 22.0 Å². The smallest absolute Gasteiger partial charge is 0.244 e. The van der Waals surface area contributed by atoms with Crippen molar-refractivity contribution in [2.24, 2.45) is 0 Å². The Morgan fingerprint density at radius 3 is 2.33 bits per heavy atom. The molecule has 0 aromatic heterocycles. The van der Waals surface area contributed by atoms with Gasteiger partial charge in [0.2, 0.25) is 21.8 Å². The lowest BCUT2D eigenvalue weighted by atomic mass is 10.1. The standard InChI is InChI=1S/C25H30Cl3N3O4S/c1-16-20(26)9-6-10-23(16)31(36(3,34)35)15-24(32)30(14-18-11-12-21(27)22(28)13-18)17(2)25(33)29-19-7-4-5-8-19/h6,9-13,17,19H,4-5,7-8,14-15H2,1-3H3,(H,29,33)/t17-/m0/s1. The predicted octanol–water partition coefficient (Wildman–Crippen LogP) is 5.20. The first-order valence-electron chi connectivity index (χ1n) is 11.6. The van der Waals surface area contributed by atoms with Crippen LogP contribution in [0.3, 0.4) is 0 Å². The van der Waals surface area contributed by atoms with E-state index in [0.717, 1.165) is 36.2 Å². The highest BCUT2D eigenvalue weighted by molar-refractivity contribution is 7.92. The van der Waals surface area contributed by atoms with Crippen LogP contribution < -0.4 is 9.62 Å². The second kappa shape index (κ2) is 12.0. The van der Waals surface area contributed by atoms with Gasteiger partial charge in [-0.05, 0) is 62.1 Å². The predicted molar refractivity (Wildman–Crippen MR) is 145 cm³/mol. The summed E-state index contributed by atoms with van der Waals surface area (Å²) in [5.41, 5.74) is 1.49. The number of nitrogens with one attached hydrogen (secondary N) is 1. The molecule has 11 heteroatoms. The molecule has 0 unspecified atom stereocenters. The van der Waals surface area contributed by atoms with E-state index in [0.29, 0.717) is 31.9 Å². The molecule has 0 heterocycles. The van der Waals surface area contributed by atoms with Gasteiger partial charge in [-0.15, -0.1) is 0 Å². The SMILES string of the molecule is Cc1c(Cl)cccc1N(CC(=O)N(Cc1ccc(Cl)c(Cl)c1)[C@@H](C)C(=O)NC1CCCC1)S(C)(=O)=O. The Hall–Kier alpha value is -2.00. The zero-order valence-electron chi connectivity index (χ0n) is 20.4. The van der Waals surface area contributed by atoms with Crippen molar-refractivity contribution < 1.29 is 18.0 Å². The third-order valence-electron chi connectivity index (χ3n) is 6.39. The van der Waals surface area contributed by atoms with E-state index in [1.807, 2.05) is 0 Å². The average molecular weight is 575 g/mol. The summed E-state index contributed by atoms with van der Waals surface area (Å²) in [7, 11) is -3.85. The Bertz CT molecular complexity index is 1230. The molecule has 0 radical (unpaired) electrons. The first kappa shape index (κ1) is 28.6. The summed E-state index contributed by atoms with van der Waals surface area (Å²) in [5.74, 6) is -0.833. The normalized spacial score (nSPS) is 14.9. The number of carbonyl (C=O) groups excluding carboxylic acids is 2. The van der Waals surface area contributed by atoms with Gasteiger partial charge >= 0.3 is 0 Å². The molecule has 1 aliphatic rings. The van der Waals surface area contributed by atoms with Gasteiger partial charge in [0, 0.05) is 17.6 Å². The summed E-state index contributed by atoms with van der Waals surface area (Å²) < 4.78 is 26.5. The summed E-state index contributed by atoms with van der Waals surface area (Å²) in [4.78, 5) is 28.1. The van der Waals surface area contributed by atoms with Crippen LogP contribution in [0.25, 0.3) is 0 Å². The minimum Gasteiger partial charge on any atom is -0.352 e. The molecule has 2 amide bonds. The number of hydrogen-bond acceptors (Lipinski definition) is 4. The number of anilines is 1. The lowest BCUT2D eigenvalue weighted by Crippen LogP contribution is -2.52. The van der Waals surface area contributed by atoms with E-state index in [-0.39, 0.29) is 18.5 Å². The fraction of sp³-hybridized carbons (Fsp3) is 0.440. The number of carbonyl (C=O) groups is 2. The molecule has 36 heavy (non-hydrogen) atoms. The van der Waals surface area contributed by atoms with Gasteiger partial charge in [0.1, 0.15) is 12.6 Å². The molecule has 1 atom stereocenters. The number of sulfonamides is 1. The maximum absolute atomic E-state index is 13.7. The molecule has 1 saturated carbocycles. The minimum atomic E-state index is -3.85. The van der Waals surface area contributed by atoms with Crippen molar-refractivity contribution in [3.05, 3.63) is 62.6 Å². The Kier molecular flexibility index (Phi) is 9.55. The Balaban J connectivity index is 1.93. The zero-order chi connectivity index (χ0) is 26.6. The topological polar surface area (TPSA) is 86.8 Å². The molecule has 1 aliphatic carbocycles. The number of amides is 2. The van der Waals surface area contributed by atoms with Crippen molar-refractivity contribution >= 4 is 62.3 Å². The molecule has 2 aromatic carbocycles. The van der Waals surface area contributed by atoms with E-state index in [4.69, 9.17) is 34.8 Å². The molecule has 2 aromatic rings. The van der Waals surface area contributed by atoms with Gasteiger partial charge in [-0.3, -0.25) is 13.9 Å². The lowest BCUT2D eigenvalue weighted by molar-refractivity contribution is -0.139. The molecular weight excluding hydrogens is 545 g/mol. The van der Waals surface area contributed by atoms with E-state index < -0.39 is 28.5 Å². The zero-order valence-corrected chi connectivity index (χ0v) is 23.5. The molecule has 0 bridgehead atoms. The van der Waals surface area contributed by atoms with Crippen molar-refractivity contribution in [2.45, 2.75) is 58.2 Å². The Morgan fingerprint density at radius 1 is 1.06 bits per heavy atom. The number of rotatable bonds is 9. The van der Waals surface area contributed by atoms with Crippen molar-refractivity contribution in [3.63, 3.8) is 0 Å². The monoisotopic (exact) mass is 573 g/mol. The van der Waals surface area contributed by atoms with E-state index >= 15 is 0 Å². The summed E-state index contributed by atoms with van der Waals surface area (Å²) in [6.45, 7) is 2.87. The van der Waals surface area contributed by atoms with Crippen molar-refractivity contribution in [1.29, 1.82) is 0 Å². The molecule has 196 valence electrons. The van der Waals surface area contributed by atoms with Crippen LogP contribution in [0.5, 0.6) is 0 Å². The molecular formula is C25H30Cl3N3O4S.